The molecule has 1 unspecified atom stereocenters. The van der Waals surface area contributed by atoms with Crippen molar-refractivity contribution >= 4 is 34.9 Å². The molecule has 2 rings (SSSR count). The Balaban J connectivity index is 0.00000128. The first-order valence-electron chi connectivity index (χ1n) is 4.82. The minimum Gasteiger partial charge on any atom is -0.395 e. The molecule has 0 aliphatic carbocycles. The van der Waals surface area contributed by atoms with Crippen LogP contribution in [0.4, 0.5) is 0 Å². The third-order valence-corrected chi connectivity index (χ3v) is 2.68. The van der Waals surface area contributed by atoms with Gasteiger partial charge in [-0.15, -0.1) is 12.4 Å². The number of benzene rings is 1. The lowest BCUT2D eigenvalue weighted by Gasteiger charge is -2.06. The molecule has 0 fully saturated rings. The van der Waals surface area contributed by atoms with Crippen LogP contribution in [0.5, 0.6) is 0 Å². The predicted molar refractivity (Wildman–Crippen MR) is 69.3 cm³/mol. The summed E-state index contributed by atoms with van der Waals surface area (Å²) in [5, 5.41) is 10.7. The quantitative estimate of drug-likeness (QED) is 0.792. The van der Waals surface area contributed by atoms with Gasteiger partial charge in [0.25, 0.3) is 0 Å². The fourth-order valence-electron chi connectivity index (χ4n) is 1.67. The van der Waals surface area contributed by atoms with E-state index in [0.29, 0.717) is 11.4 Å². The highest BCUT2D eigenvalue weighted by molar-refractivity contribution is 6.31. The lowest BCUT2D eigenvalue weighted by Crippen LogP contribution is -2.26. The van der Waals surface area contributed by atoms with Crippen LogP contribution in [0.15, 0.2) is 24.4 Å². The topological polar surface area (TPSA) is 62.0 Å². The molecule has 0 bridgehead atoms. The fraction of sp³-hybridized carbons (Fsp3) is 0.273. The zero-order valence-electron chi connectivity index (χ0n) is 8.61. The zero-order chi connectivity index (χ0) is 10.8. The Bertz CT molecular complexity index is 470. The summed E-state index contributed by atoms with van der Waals surface area (Å²) in [7, 11) is 0. The molecule has 1 aromatic carbocycles. The summed E-state index contributed by atoms with van der Waals surface area (Å²) < 4.78 is 0. The molecule has 0 aliphatic rings. The van der Waals surface area contributed by atoms with Crippen molar-refractivity contribution < 1.29 is 5.11 Å². The van der Waals surface area contributed by atoms with Crippen molar-refractivity contribution in [1.82, 2.24) is 4.98 Å². The van der Waals surface area contributed by atoms with Gasteiger partial charge in [0.2, 0.25) is 0 Å². The monoisotopic (exact) mass is 260 g/mol. The highest BCUT2D eigenvalue weighted by Crippen LogP contribution is 2.22. The molecule has 0 radical (unpaired) electrons. The van der Waals surface area contributed by atoms with Crippen molar-refractivity contribution in [1.29, 1.82) is 0 Å². The number of aromatic amines is 1. The molecule has 1 heterocycles. The number of nitrogens with two attached hydrogens (primary N) is 1. The highest BCUT2D eigenvalue weighted by atomic mass is 35.5. The van der Waals surface area contributed by atoms with Crippen LogP contribution in [0.25, 0.3) is 10.9 Å². The number of aromatic nitrogens is 1. The molecule has 1 aromatic heterocycles. The summed E-state index contributed by atoms with van der Waals surface area (Å²) in [6.45, 7) is -0.00671. The van der Waals surface area contributed by atoms with E-state index >= 15 is 0 Å². The van der Waals surface area contributed by atoms with Crippen LogP contribution in [0.2, 0.25) is 5.02 Å². The molecule has 5 heteroatoms. The van der Waals surface area contributed by atoms with E-state index in [9.17, 15) is 0 Å². The molecule has 0 saturated heterocycles. The van der Waals surface area contributed by atoms with Gasteiger partial charge in [-0.2, -0.15) is 0 Å². The van der Waals surface area contributed by atoms with E-state index < -0.39 is 0 Å². The summed E-state index contributed by atoms with van der Waals surface area (Å²) in [6, 6.07) is 5.47. The van der Waals surface area contributed by atoms with Crippen LogP contribution in [0.3, 0.4) is 0 Å². The number of aliphatic hydroxyl groups is 1. The zero-order valence-corrected chi connectivity index (χ0v) is 10.2. The number of fused-ring (bicyclic) bond motifs is 1. The number of nitrogens with one attached hydrogen (secondary N) is 1. The molecule has 4 N–H and O–H groups in total. The average molecular weight is 261 g/mol. The van der Waals surface area contributed by atoms with Gasteiger partial charge in [0.05, 0.1) is 6.61 Å². The van der Waals surface area contributed by atoms with Crippen molar-refractivity contribution in [3.8, 4) is 0 Å². The van der Waals surface area contributed by atoms with Gasteiger partial charge in [0.1, 0.15) is 0 Å². The number of hydrogen-bond acceptors (Lipinski definition) is 2. The second-order valence-corrected chi connectivity index (χ2v) is 4.09. The van der Waals surface area contributed by atoms with Gasteiger partial charge >= 0.3 is 0 Å². The first-order chi connectivity index (χ1) is 7.20. The second kappa shape index (κ2) is 5.55. The van der Waals surface area contributed by atoms with E-state index in [2.05, 4.69) is 4.98 Å². The van der Waals surface area contributed by atoms with E-state index in [1.165, 1.54) is 0 Å². The van der Waals surface area contributed by atoms with Gasteiger partial charge in [-0.1, -0.05) is 11.6 Å². The number of rotatable bonds is 3. The van der Waals surface area contributed by atoms with Gasteiger partial charge in [-0.25, -0.2) is 0 Å². The number of aliphatic hydroxyl groups excluding tert-OH is 1. The maximum Gasteiger partial charge on any atom is 0.0585 e. The van der Waals surface area contributed by atoms with Crippen molar-refractivity contribution in [2.45, 2.75) is 12.5 Å². The summed E-state index contributed by atoms with van der Waals surface area (Å²) >= 11 is 5.92. The van der Waals surface area contributed by atoms with E-state index in [4.69, 9.17) is 22.4 Å². The number of hydrogen-bond donors (Lipinski definition) is 3. The molecule has 2 aromatic rings. The SMILES string of the molecule is Cl.NC(CO)Cc1c[nH]c2ccc(Cl)cc12. The maximum atomic E-state index is 8.90. The van der Waals surface area contributed by atoms with Gasteiger partial charge in [0, 0.05) is 28.2 Å². The molecule has 88 valence electrons. The summed E-state index contributed by atoms with van der Waals surface area (Å²) in [5.74, 6) is 0. The predicted octanol–water partition coefficient (Wildman–Crippen LogP) is 2.11. The third kappa shape index (κ3) is 2.68. The van der Waals surface area contributed by atoms with Crippen LogP contribution >= 0.6 is 24.0 Å². The van der Waals surface area contributed by atoms with Crippen molar-refractivity contribution in [2.24, 2.45) is 5.73 Å². The van der Waals surface area contributed by atoms with Crippen molar-refractivity contribution in [3.63, 3.8) is 0 Å². The lowest BCUT2D eigenvalue weighted by molar-refractivity contribution is 0.265. The third-order valence-electron chi connectivity index (χ3n) is 2.45. The normalized spacial score (nSPS) is 12.4. The van der Waals surface area contributed by atoms with E-state index in [-0.39, 0.29) is 25.1 Å². The molecule has 0 amide bonds. The van der Waals surface area contributed by atoms with E-state index in [1.807, 2.05) is 24.4 Å². The summed E-state index contributed by atoms with van der Waals surface area (Å²) in [6.07, 6.45) is 2.56. The first-order valence-corrected chi connectivity index (χ1v) is 5.20. The van der Waals surface area contributed by atoms with Crippen molar-refractivity contribution in [3.05, 3.63) is 35.0 Å². The largest absolute Gasteiger partial charge is 0.395 e. The molecular formula is C11H14Cl2N2O. The molecule has 16 heavy (non-hydrogen) atoms. The minimum atomic E-state index is -0.219. The fourth-order valence-corrected chi connectivity index (χ4v) is 1.84. The Hall–Kier alpha value is -0.740. The molecule has 0 saturated carbocycles. The van der Waals surface area contributed by atoms with Crippen LogP contribution in [-0.2, 0) is 6.42 Å². The Labute approximate surface area is 105 Å². The Morgan fingerprint density at radius 3 is 2.88 bits per heavy atom. The Morgan fingerprint density at radius 1 is 1.44 bits per heavy atom. The van der Waals surface area contributed by atoms with Gasteiger partial charge in [0.15, 0.2) is 0 Å². The Morgan fingerprint density at radius 2 is 2.19 bits per heavy atom. The molecule has 1 atom stereocenters. The van der Waals surface area contributed by atoms with Crippen molar-refractivity contribution in [2.75, 3.05) is 6.61 Å². The van der Waals surface area contributed by atoms with Gasteiger partial charge in [-0.05, 0) is 30.2 Å². The maximum absolute atomic E-state index is 8.90. The first kappa shape index (κ1) is 13.3. The standard InChI is InChI=1S/C11H13ClN2O.ClH/c12-8-1-2-11-10(4-8)7(5-14-11)3-9(13)6-15;/h1-2,4-5,9,14-15H,3,6,13H2;1H. The van der Waals surface area contributed by atoms with Crippen LogP contribution in [0.1, 0.15) is 5.56 Å². The van der Waals surface area contributed by atoms with E-state index in [0.717, 1.165) is 16.5 Å². The van der Waals surface area contributed by atoms with Gasteiger partial charge in [-0.3, -0.25) is 0 Å². The van der Waals surface area contributed by atoms with Crippen LogP contribution < -0.4 is 5.73 Å². The summed E-state index contributed by atoms with van der Waals surface area (Å²) in [4.78, 5) is 3.15. The molecule has 3 nitrogen and oxygen atoms in total. The molecule has 0 aliphatic heterocycles. The highest BCUT2D eigenvalue weighted by Gasteiger charge is 2.08. The molecule has 0 spiro atoms. The van der Waals surface area contributed by atoms with Gasteiger partial charge < -0.3 is 15.8 Å². The Kier molecular flexibility index (Phi) is 4.62. The minimum absolute atomic E-state index is 0. The van der Waals surface area contributed by atoms with Crippen LogP contribution in [0, 0.1) is 0 Å². The summed E-state index contributed by atoms with van der Waals surface area (Å²) in [5.41, 5.74) is 7.83. The lowest BCUT2D eigenvalue weighted by atomic mass is 10.1. The number of halogens is 2. The number of H-pyrrole nitrogens is 1. The average Bonchev–Trinajstić information content (AvgIpc) is 2.61. The van der Waals surface area contributed by atoms with E-state index in [1.54, 1.807) is 0 Å². The molecular weight excluding hydrogens is 247 g/mol. The second-order valence-electron chi connectivity index (χ2n) is 3.65. The smallest absolute Gasteiger partial charge is 0.0585 e. The van der Waals surface area contributed by atoms with Crippen LogP contribution in [-0.4, -0.2) is 22.7 Å².